The van der Waals surface area contributed by atoms with Crippen molar-refractivity contribution in [1.29, 1.82) is 0 Å². The summed E-state index contributed by atoms with van der Waals surface area (Å²) in [6.45, 7) is 0. The van der Waals surface area contributed by atoms with Gasteiger partial charge in [-0.2, -0.15) is 0 Å². The molecule has 2 heterocycles. The van der Waals surface area contributed by atoms with E-state index in [1.165, 1.54) is 0 Å². The molecule has 0 atom stereocenters. The number of aromatic nitrogens is 4. The van der Waals surface area contributed by atoms with Gasteiger partial charge in [-0.15, -0.1) is 16.7 Å². The SMILES string of the molecule is ClCCCc1cn(-c2ccc(Cl)c3cccnc23)nn1. The highest BCUT2D eigenvalue weighted by Crippen LogP contribution is 2.26. The van der Waals surface area contributed by atoms with Gasteiger partial charge >= 0.3 is 0 Å². The summed E-state index contributed by atoms with van der Waals surface area (Å²) >= 11 is 11.9. The summed E-state index contributed by atoms with van der Waals surface area (Å²) in [5, 5.41) is 9.90. The molecule has 102 valence electrons. The summed E-state index contributed by atoms with van der Waals surface area (Å²) in [7, 11) is 0. The first-order chi connectivity index (χ1) is 9.79. The summed E-state index contributed by atoms with van der Waals surface area (Å²) in [4.78, 5) is 4.40. The van der Waals surface area contributed by atoms with Crippen LogP contribution < -0.4 is 0 Å². The predicted octanol–water partition coefficient (Wildman–Crippen LogP) is 3.64. The number of rotatable bonds is 4. The van der Waals surface area contributed by atoms with Crippen LogP contribution in [0.3, 0.4) is 0 Å². The van der Waals surface area contributed by atoms with E-state index in [9.17, 15) is 0 Å². The summed E-state index contributed by atoms with van der Waals surface area (Å²) < 4.78 is 1.73. The lowest BCUT2D eigenvalue weighted by molar-refractivity contribution is 0.794. The Bertz CT molecular complexity index is 739. The van der Waals surface area contributed by atoms with Crippen LogP contribution in [0.15, 0.2) is 36.7 Å². The van der Waals surface area contributed by atoms with Crippen molar-refractivity contribution >= 4 is 34.1 Å². The Morgan fingerprint density at radius 1 is 1.20 bits per heavy atom. The molecule has 0 aliphatic rings. The maximum absolute atomic E-state index is 6.19. The molecule has 0 N–H and O–H groups in total. The molecule has 0 spiro atoms. The Labute approximate surface area is 126 Å². The minimum atomic E-state index is 0.623. The molecule has 1 aromatic carbocycles. The molecule has 20 heavy (non-hydrogen) atoms. The van der Waals surface area contributed by atoms with Gasteiger partial charge in [0.1, 0.15) is 0 Å². The van der Waals surface area contributed by atoms with Crippen LogP contribution in [-0.2, 0) is 6.42 Å². The molecule has 0 amide bonds. The van der Waals surface area contributed by atoms with Crippen LogP contribution in [0.5, 0.6) is 0 Å². The van der Waals surface area contributed by atoms with Crippen LogP contribution in [0.4, 0.5) is 0 Å². The van der Waals surface area contributed by atoms with E-state index in [1.54, 1.807) is 10.9 Å². The van der Waals surface area contributed by atoms with Crippen molar-refractivity contribution in [3.8, 4) is 5.69 Å². The third kappa shape index (κ3) is 2.49. The fourth-order valence-corrected chi connectivity index (χ4v) is 2.44. The summed E-state index contributed by atoms with van der Waals surface area (Å²) in [5.74, 6) is 0.623. The Kier molecular flexibility index (Phi) is 3.85. The number of halogens is 2. The fourth-order valence-electron chi connectivity index (χ4n) is 2.09. The molecule has 3 aromatic rings. The van der Waals surface area contributed by atoms with Gasteiger partial charge < -0.3 is 0 Å². The molecular formula is C14H12Cl2N4. The monoisotopic (exact) mass is 306 g/mol. The van der Waals surface area contributed by atoms with E-state index >= 15 is 0 Å². The molecular weight excluding hydrogens is 295 g/mol. The van der Waals surface area contributed by atoms with E-state index < -0.39 is 0 Å². The van der Waals surface area contributed by atoms with Crippen molar-refractivity contribution in [3.63, 3.8) is 0 Å². The molecule has 4 nitrogen and oxygen atoms in total. The summed E-state index contributed by atoms with van der Waals surface area (Å²) in [5.41, 5.74) is 2.60. The number of pyridine rings is 1. The average Bonchev–Trinajstić information content (AvgIpc) is 2.94. The van der Waals surface area contributed by atoms with E-state index in [0.717, 1.165) is 35.1 Å². The van der Waals surface area contributed by atoms with E-state index in [-0.39, 0.29) is 0 Å². The number of nitrogens with zero attached hydrogens (tertiary/aromatic N) is 4. The molecule has 6 heteroatoms. The Hall–Kier alpha value is -1.65. The zero-order valence-corrected chi connectivity index (χ0v) is 12.1. The lowest BCUT2D eigenvalue weighted by atomic mass is 10.2. The molecule has 0 fully saturated rings. The van der Waals surface area contributed by atoms with Crippen molar-refractivity contribution in [2.45, 2.75) is 12.8 Å². The second-order valence-electron chi connectivity index (χ2n) is 4.41. The molecule has 0 radical (unpaired) electrons. The maximum Gasteiger partial charge on any atom is 0.0974 e. The molecule has 0 bridgehead atoms. The van der Waals surface area contributed by atoms with Crippen molar-refractivity contribution in [2.75, 3.05) is 5.88 Å². The van der Waals surface area contributed by atoms with Crippen LogP contribution in [0, 0.1) is 0 Å². The van der Waals surface area contributed by atoms with Crippen LogP contribution in [-0.4, -0.2) is 25.9 Å². The highest BCUT2D eigenvalue weighted by molar-refractivity contribution is 6.35. The van der Waals surface area contributed by atoms with E-state index in [0.29, 0.717) is 10.9 Å². The van der Waals surface area contributed by atoms with Crippen LogP contribution in [0.2, 0.25) is 5.02 Å². The lowest BCUT2D eigenvalue weighted by Gasteiger charge is -2.06. The van der Waals surface area contributed by atoms with Crippen LogP contribution in [0.25, 0.3) is 16.6 Å². The Morgan fingerprint density at radius 3 is 2.95 bits per heavy atom. The lowest BCUT2D eigenvalue weighted by Crippen LogP contribution is -1.97. The number of benzene rings is 1. The smallest absolute Gasteiger partial charge is 0.0974 e. The highest BCUT2D eigenvalue weighted by Gasteiger charge is 2.09. The minimum absolute atomic E-state index is 0.623. The average molecular weight is 307 g/mol. The van der Waals surface area contributed by atoms with Gasteiger partial charge in [0.05, 0.1) is 28.1 Å². The predicted molar refractivity (Wildman–Crippen MR) is 80.7 cm³/mol. The van der Waals surface area contributed by atoms with Gasteiger partial charge in [0, 0.05) is 17.5 Å². The van der Waals surface area contributed by atoms with Crippen molar-refractivity contribution in [2.24, 2.45) is 0 Å². The van der Waals surface area contributed by atoms with Crippen molar-refractivity contribution in [1.82, 2.24) is 20.0 Å². The highest BCUT2D eigenvalue weighted by atomic mass is 35.5. The van der Waals surface area contributed by atoms with Crippen molar-refractivity contribution < 1.29 is 0 Å². The Balaban J connectivity index is 2.06. The zero-order chi connectivity index (χ0) is 13.9. The van der Waals surface area contributed by atoms with Gasteiger partial charge in [-0.25, -0.2) is 4.68 Å². The standard InChI is InChI=1S/C14H12Cl2N4/c15-7-1-3-10-9-20(19-18-10)13-6-5-12(16)11-4-2-8-17-14(11)13/h2,4-6,8-9H,1,3,7H2. The molecule has 0 saturated carbocycles. The molecule has 3 rings (SSSR count). The Morgan fingerprint density at radius 2 is 2.10 bits per heavy atom. The molecule has 0 saturated heterocycles. The number of aryl methyl sites for hydroxylation is 1. The number of fused-ring (bicyclic) bond motifs is 1. The summed E-state index contributed by atoms with van der Waals surface area (Å²) in [6.07, 6.45) is 5.36. The van der Waals surface area contributed by atoms with Gasteiger partial charge in [0.25, 0.3) is 0 Å². The zero-order valence-electron chi connectivity index (χ0n) is 10.6. The fraction of sp³-hybridized carbons (Fsp3) is 0.214. The van der Waals surface area contributed by atoms with E-state index in [1.807, 2.05) is 30.5 Å². The van der Waals surface area contributed by atoms with E-state index in [4.69, 9.17) is 23.2 Å². The van der Waals surface area contributed by atoms with Gasteiger partial charge in [-0.05, 0) is 37.1 Å². The first kappa shape index (κ1) is 13.3. The maximum atomic E-state index is 6.19. The summed E-state index contributed by atoms with van der Waals surface area (Å²) in [6, 6.07) is 7.56. The minimum Gasteiger partial charge on any atom is -0.254 e. The first-order valence-electron chi connectivity index (χ1n) is 6.30. The van der Waals surface area contributed by atoms with E-state index in [2.05, 4.69) is 15.3 Å². The van der Waals surface area contributed by atoms with Gasteiger partial charge in [0.15, 0.2) is 0 Å². The van der Waals surface area contributed by atoms with Gasteiger partial charge in [-0.1, -0.05) is 16.8 Å². The second kappa shape index (κ2) is 5.77. The van der Waals surface area contributed by atoms with Crippen molar-refractivity contribution in [3.05, 3.63) is 47.4 Å². The number of alkyl halides is 1. The van der Waals surface area contributed by atoms with Crippen LogP contribution in [0.1, 0.15) is 12.1 Å². The quantitative estimate of drug-likeness (QED) is 0.691. The molecule has 0 aliphatic heterocycles. The third-order valence-corrected chi connectivity index (χ3v) is 3.65. The normalized spacial score (nSPS) is 11.1. The number of hydrogen-bond acceptors (Lipinski definition) is 3. The largest absolute Gasteiger partial charge is 0.254 e. The molecule has 0 aliphatic carbocycles. The number of hydrogen-bond donors (Lipinski definition) is 0. The van der Waals surface area contributed by atoms with Gasteiger partial charge in [0.2, 0.25) is 0 Å². The van der Waals surface area contributed by atoms with Crippen LogP contribution >= 0.6 is 23.2 Å². The second-order valence-corrected chi connectivity index (χ2v) is 5.20. The third-order valence-electron chi connectivity index (χ3n) is 3.05. The van der Waals surface area contributed by atoms with Gasteiger partial charge in [-0.3, -0.25) is 4.98 Å². The molecule has 0 unspecified atom stereocenters. The molecule has 2 aromatic heterocycles. The first-order valence-corrected chi connectivity index (χ1v) is 7.21. The topological polar surface area (TPSA) is 43.6 Å².